The third-order valence-electron chi connectivity index (χ3n) is 2.49. The van der Waals surface area contributed by atoms with Crippen LogP contribution in [0.5, 0.6) is 11.5 Å². The Morgan fingerprint density at radius 2 is 1.67 bits per heavy atom. The van der Waals surface area contributed by atoms with Crippen molar-refractivity contribution in [1.29, 1.82) is 0 Å². The predicted octanol–water partition coefficient (Wildman–Crippen LogP) is 3.15. The lowest BCUT2D eigenvalue weighted by atomic mass is 10.1. The van der Waals surface area contributed by atoms with E-state index in [1.54, 1.807) is 0 Å². The minimum atomic E-state index is 0.159. The van der Waals surface area contributed by atoms with E-state index in [2.05, 4.69) is 19.9 Å². The summed E-state index contributed by atoms with van der Waals surface area (Å²) in [5.41, 5.74) is 7.02. The zero-order chi connectivity index (χ0) is 13.4. The Hall–Kier alpha value is -1.22. The monoisotopic (exact) mass is 251 g/mol. The van der Waals surface area contributed by atoms with E-state index in [1.165, 1.54) is 5.56 Å². The summed E-state index contributed by atoms with van der Waals surface area (Å²) in [4.78, 5) is 0. The Bertz CT molecular complexity index is 350. The van der Waals surface area contributed by atoms with Gasteiger partial charge in [-0.25, -0.2) is 0 Å². The van der Waals surface area contributed by atoms with Gasteiger partial charge in [0.25, 0.3) is 0 Å². The molecule has 1 unspecified atom stereocenters. The first-order valence-corrected chi connectivity index (χ1v) is 6.81. The summed E-state index contributed by atoms with van der Waals surface area (Å²) in [6.07, 6.45) is 2.84. The highest BCUT2D eigenvalue weighted by Crippen LogP contribution is 2.29. The summed E-state index contributed by atoms with van der Waals surface area (Å²) in [5, 5.41) is 0. The average Bonchev–Trinajstić information content (AvgIpc) is 2.34. The fourth-order valence-electron chi connectivity index (χ4n) is 1.71. The molecule has 3 heteroatoms. The molecule has 2 N–H and O–H groups in total. The Morgan fingerprint density at radius 1 is 1.06 bits per heavy atom. The highest BCUT2D eigenvalue weighted by molar-refractivity contribution is 5.43. The molecule has 18 heavy (non-hydrogen) atoms. The molecule has 0 heterocycles. The summed E-state index contributed by atoms with van der Waals surface area (Å²) in [6, 6.07) is 6.25. The van der Waals surface area contributed by atoms with Crippen LogP contribution in [0.2, 0.25) is 0 Å². The van der Waals surface area contributed by atoms with Crippen molar-refractivity contribution >= 4 is 0 Å². The highest BCUT2D eigenvalue weighted by atomic mass is 16.5. The summed E-state index contributed by atoms with van der Waals surface area (Å²) in [6.45, 7) is 7.63. The molecule has 0 aromatic heterocycles. The summed E-state index contributed by atoms with van der Waals surface area (Å²) in [7, 11) is 0. The highest BCUT2D eigenvalue weighted by Gasteiger charge is 2.07. The molecular weight excluding hydrogens is 226 g/mol. The van der Waals surface area contributed by atoms with Crippen molar-refractivity contribution in [2.24, 2.45) is 5.73 Å². The smallest absolute Gasteiger partial charge is 0.161 e. The van der Waals surface area contributed by atoms with Crippen LogP contribution in [0.4, 0.5) is 0 Å². The van der Waals surface area contributed by atoms with E-state index in [1.807, 2.05) is 19.1 Å². The van der Waals surface area contributed by atoms with Crippen molar-refractivity contribution in [3.05, 3.63) is 23.8 Å². The molecule has 0 aliphatic rings. The molecule has 1 aromatic carbocycles. The largest absolute Gasteiger partial charge is 0.490 e. The zero-order valence-corrected chi connectivity index (χ0v) is 11.7. The van der Waals surface area contributed by atoms with Crippen LogP contribution in [-0.2, 0) is 6.42 Å². The van der Waals surface area contributed by atoms with Crippen LogP contribution in [0.1, 0.15) is 39.2 Å². The van der Waals surface area contributed by atoms with Crippen LogP contribution in [0.25, 0.3) is 0 Å². The van der Waals surface area contributed by atoms with Crippen molar-refractivity contribution in [1.82, 2.24) is 0 Å². The second-order valence-electron chi connectivity index (χ2n) is 4.66. The minimum Gasteiger partial charge on any atom is -0.490 e. The predicted molar refractivity (Wildman–Crippen MR) is 75.4 cm³/mol. The summed E-state index contributed by atoms with van der Waals surface area (Å²) in [5.74, 6) is 1.67. The lowest BCUT2D eigenvalue weighted by molar-refractivity contribution is 0.268. The minimum absolute atomic E-state index is 0.159. The molecule has 3 nitrogen and oxygen atoms in total. The molecular formula is C15H25NO2. The molecule has 0 aliphatic carbocycles. The third-order valence-corrected chi connectivity index (χ3v) is 2.49. The van der Waals surface area contributed by atoms with Gasteiger partial charge in [0, 0.05) is 6.04 Å². The number of hydrogen-bond donors (Lipinski definition) is 1. The van der Waals surface area contributed by atoms with Crippen molar-refractivity contribution in [2.75, 3.05) is 13.2 Å². The second-order valence-corrected chi connectivity index (χ2v) is 4.66. The van der Waals surface area contributed by atoms with Gasteiger partial charge in [-0.05, 0) is 43.9 Å². The van der Waals surface area contributed by atoms with Crippen LogP contribution in [0, 0.1) is 0 Å². The van der Waals surface area contributed by atoms with Crippen LogP contribution in [-0.4, -0.2) is 19.3 Å². The second kappa shape index (κ2) is 7.98. The van der Waals surface area contributed by atoms with Gasteiger partial charge < -0.3 is 15.2 Å². The molecule has 0 aliphatic heterocycles. The van der Waals surface area contributed by atoms with Crippen molar-refractivity contribution in [3.63, 3.8) is 0 Å². The summed E-state index contributed by atoms with van der Waals surface area (Å²) >= 11 is 0. The van der Waals surface area contributed by atoms with Gasteiger partial charge in [-0.15, -0.1) is 0 Å². The molecule has 0 bridgehead atoms. The van der Waals surface area contributed by atoms with Crippen molar-refractivity contribution in [2.45, 2.75) is 46.1 Å². The summed E-state index contributed by atoms with van der Waals surface area (Å²) < 4.78 is 11.4. The number of ether oxygens (including phenoxy) is 2. The van der Waals surface area contributed by atoms with Crippen LogP contribution >= 0.6 is 0 Å². The molecule has 0 spiro atoms. The van der Waals surface area contributed by atoms with Crippen molar-refractivity contribution in [3.8, 4) is 11.5 Å². The normalized spacial score (nSPS) is 12.2. The number of nitrogens with two attached hydrogens (primary N) is 1. The fourth-order valence-corrected chi connectivity index (χ4v) is 1.71. The van der Waals surface area contributed by atoms with E-state index in [-0.39, 0.29) is 6.04 Å². The maximum Gasteiger partial charge on any atom is 0.161 e. The van der Waals surface area contributed by atoms with E-state index in [9.17, 15) is 0 Å². The number of hydrogen-bond acceptors (Lipinski definition) is 3. The van der Waals surface area contributed by atoms with Gasteiger partial charge in [-0.2, -0.15) is 0 Å². The molecule has 0 saturated carbocycles. The molecule has 0 saturated heterocycles. The van der Waals surface area contributed by atoms with Gasteiger partial charge in [0.05, 0.1) is 13.2 Å². The van der Waals surface area contributed by atoms with E-state index >= 15 is 0 Å². The Kier molecular flexibility index (Phi) is 6.58. The molecule has 1 rings (SSSR count). The van der Waals surface area contributed by atoms with Gasteiger partial charge in [0.1, 0.15) is 0 Å². The van der Waals surface area contributed by atoms with E-state index < -0.39 is 0 Å². The van der Waals surface area contributed by atoms with Crippen molar-refractivity contribution < 1.29 is 9.47 Å². The topological polar surface area (TPSA) is 44.5 Å². The maximum atomic E-state index is 5.82. The molecule has 0 amide bonds. The van der Waals surface area contributed by atoms with E-state index in [0.29, 0.717) is 6.61 Å². The molecule has 102 valence electrons. The van der Waals surface area contributed by atoms with Gasteiger partial charge in [0.15, 0.2) is 11.5 Å². The van der Waals surface area contributed by atoms with Crippen LogP contribution in [0.3, 0.4) is 0 Å². The van der Waals surface area contributed by atoms with Crippen LogP contribution in [0.15, 0.2) is 18.2 Å². The Morgan fingerprint density at radius 3 is 2.22 bits per heavy atom. The van der Waals surface area contributed by atoms with Gasteiger partial charge >= 0.3 is 0 Å². The lowest BCUT2D eigenvalue weighted by Gasteiger charge is -2.14. The standard InChI is InChI=1S/C15H25NO2/c1-4-8-17-14-7-6-13(10-12(3)16)11-15(14)18-9-5-2/h6-7,11-12H,4-5,8-10,16H2,1-3H3. The first-order valence-electron chi connectivity index (χ1n) is 6.81. The third kappa shape index (κ3) is 4.96. The molecule has 1 aromatic rings. The Balaban J connectivity index is 2.81. The first-order chi connectivity index (χ1) is 8.67. The van der Waals surface area contributed by atoms with E-state index in [0.717, 1.165) is 37.4 Å². The van der Waals surface area contributed by atoms with E-state index in [4.69, 9.17) is 15.2 Å². The Labute approximate surface area is 110 Å². The molecule has 1 atom stereocenters. The lowest BCUT2D eigenvalue weighted by Crippen LogP contribution is -2.17. The van der Waals surface area contributed by atoms with Gasteiger partial charge in [-0.1, -0.05) is 19.9 Å². The van der Waals surface area contributed by atoms with Gasteiger partial charge in [0.2, 0.25) is 0 Å². The first kappa shape index (κ1) is 14.8. The maximum absolute atomic E-state index is 5.82. The number of benzene rings is 1. The number of rotatable bonds is 8. The molecule has 0 radical (unpaired) electrons. The fraction of sp³-hybridized carbons (Fsp3) is 0.600. The quantitative estimate of drug-likeness (QED) is 0.772. The molecule has 0 fully saturated rings. The van der Waals surface area contributed by atoms with Gasteiger partial charge in [-0.3, -0.25) is 0 Å². The zero-order valence-electron chi connectivity index (χ0n) is 11.7. The SMILES string of the molecule is CCCOc1ccc(CC(C)N)cc1OCCC. The average molecular weight is 251 g/mol. The van der Waals surface area contributed by atoms with Crippen LogP contribution < -0.4 is 15.2 Å².